The standard InChI is InChI=1S/C15H25N3/c1-3-10-16-12-14-8-4-5-11-18(14)15-9-6-7-13(2)17-15/h6-7,9,14,16H,3-5,8,10-12H2,1-2H3. The summed E-state index contributed by atoms with van der Waals surface area (Å²) in [6.45, 7) is 7.63. The highest BCUT2D eigenvalue weighted by Gasteiger charge is 2.22. The van der Waals surface area contributed by atoms with Crippen LogP contribution in [-0.2, 0) is 0 Å². The molecule has 1 N–H and O–H groups in total. The molecule has 1 saturated heterocycles. The van der Waals surface area contributed by atoms with Gasteiger partial charge in [-0.05, 0) is 51.3 Å². The fourth-order valence-corrected chi connectivity index (χ4v) is 2.65. The van der Waals surface area contributed by atoms with Crippen LogP contribution in [0.25, 0.3) is 0 Å². The molecule has 0 aromatic carbocycles. The van der Waals surface area contributed by atoms with E-state index in [0.29, 0.717) is 6.04 Å². The average molecular weight is 247 g/mol. The molecule has 0 radical (unpaired) electrons. The minimum absolute atomic E-state index is 0.611. The number of pyridine rings is 1. The highest BCUT2D eigenvalue weighted by atomic mass is 15.2. The van der Waals surface area contributed by atoms with Crippen molar-refractivity contribution in [3.8, 4) is 0 Å². The summed E-state index contributed by atoms with van der Waals surface area (Å²) in [5.74, 6) is 1.15. The Morgan fingerprint density at radius 1 is 1.39 bits per heavy atom. The number of aromatic nitrogens is 1. The SMILES string of the molecule is CCCNCC1CCCCN1c1cccc(C)n1. The maximum Gasteiger partial charge on any atom is 0.129 e. The molecule has 1 aliphatic heterocycles. The second kappa shape index (κ2) is 6.74. The third-order valence-corrected chi connectivity index (χ3v) is 3.60. The van der Waals surface area contributed by atoms with Crippen LogP contribution in [0.15, 0.2) is 18.2 Å². The van der Waals surface area contributed by atoms with Crippen molar-refractivity contribution in [2.24, 2.45) is 0 Å². The van der Waals surface area contributed by atoms with Gasteiger partial charge in [0.15, 0.2) is 0 Å². The van der Waals surface area contributed by atoms with E-state index in [4.69, 9.17) is 0 Å². The monoisotopic (exact) mass is 247 g/mol. The first-order valence-corrected chi connectivity index (χ1v) is 7.22. The lowest BCUT2D eigenvalue weighted by atomic mass is 10.0. The summed E-state index contributed by atoms with van der Waals surface area (Å²) in [5.41, 5.74) is 1.11. The summed E-state index contributed by atoms with van der Waals surface area (Å²) >= 11 is 0. The van der Waals surface area contributed by atoms with Crippen molar-refractivity contribution in [2.45, 2.75) is 45.6 Å². The molecule has 0 spiro atoms. The van der Waals surface area contributed by atoms with E-state index in [1.54, 1.807) is 0 Å². The van der Waals surface area contributed by atoms with Gasteiger partial charge in [-0.25, -0.2) is 4.98 Å². The van der Waals surface area contributed by atoms with E-state index in [2.05, 4.69) is 47.2 Å². The van der Waals surface area contributed by atoms with Gasteiger partial charge in [-0.2, -0.15) is 0 Å². The number of hydrogen-bond donors (Lipinski definition) is 1. The first-order valence-electron chi connectivity index (χ1n) is 7.22. The maximum atomic E-state index is 4.67. The van der Waals surface area contributed by atoms with E-state index >= 15 is 0 Å². The van der Waals surface area contributed by atoms with Crippen molar-refractivity contribution in [3.05, 3.63) is 23.9 Å². The molecule has 18 heavy (non-hydrogen) atoms. The minimum atomic E-state index is 0.611. The second-order valence-corrected chi connectivity index (χ2v) is 5.18. The molecule has 1 aromatic heterocycles. The van der Waals surface area contributed by atoms with E-state index in [9.17, 15) is 0 Å². The maximum absolute atomic E-state index is 4.67. The molecule has 2 rings (SSSR count). The number of piperidine rings is 1. The molecular formula is C15H25N3. The second-order valence-electron chi connectivity index (χ2n) is 5.18. The molecule has 1 atom stereocenters. The Bertz CT molecular complexity index is 365. The number of hydrogen-bond acceptors (Lipinski definition) is 3. The van der Waals surface area contributed by atoms with Crippen molar-refractivity contribution in [3.63, 3.8) is 0 Å². The van der Waals surface area contributed by atoms with Crippen LogP contribution in [0.5, 0.6) is 0 Å². The van der Waals surface area contributed by atoms with Crippen LogP contribution >= 0.6 is 0 Å². The third-order valence-electron chi connectivity index (χ3n) is 3.60. The quantitative estimate of drug-likeness (QED) is 0.811. The molecule has 1 aliphatic rings. The molecule has 1 aromatic rings. The van der Waals surface area contributed by atoms with Crippen LogP contribution in [0.1, 0.15) is 38.3 Å². The van der Waals surface area contributed by atoms with Gasteiger partial charge in [-0.3, -0.25) is 0 Å². The summed E-state index contributed by atoms with van der Waals surface area (Å²) in [6, 6.07) is 6.94. The highest BCUT2D eigenvalue weighted by molar-refractivity contribution is 5.41. The Morgan fingerprint density at radius 3 is 3.06 bits per heavy atom. The van der Waals surface area contributed by atoms with Crippen molar-refractivity contribution in [1.29, 1.82) is 0 Å². The number of anilines is 1. The normalized spacial score (nSPS) is 20.1. The molecule has 0 saturated carbocycles. The number of nitrogens with zero attached hydrogens (tertiary/aromatic N) is 2. The first-order chi connectivity index (χ1) is 8.81. The molecule has 3 heteroatoms. The summed E-state index contributed by atoms with van der Waals surface area (Å²) in [5, 5.41) is 3.55. The van der Waals surface area contributed by atoms with E-state index in [0.717, 1.165) is 31.1 Å². The van der Waals surface area contributed by atoms with Gasteiger partial charge in [0.2, 0.25) is 0 Å². The number of rotatable bonds is 5. The Morgan fingerprint density at radius 2 is 2.28 bits per heavy atom. The van der Waals surface area contributed by atoms with Gasteiger partial charge in [0.1, 0.15) is 5.82 Å². The molecule has 2 heterocycles. The smallest absolute Gasteiger partial charge is 0.129 e. The van der Waals surface area contributed by atoms with Crippen molar-refractivity contribution >= 4 is 5.82 Å². The topological polar surface area (TPSA) is 28.2 Å². The molecule has 0 bridgehead atoms. The van der Waals surface area contributed by atoms with Gasteiger partial charge < -0.3 is 10.2 Å². The van der Waals surface area contributed by atoms with Crippen LogP contribution in [0, 0.1) is 6.92 Å². The van der Waals surface area contributed by atoms with Crippen molar-refractivity contribution in [1.82, 2.24) is 10.3 Å². The fraction of sp³-hybridized carbons (Fsp3) is 0.667. The Balaban J connectivity index is 2.03. The van der Waals surface area contributed by atoms with Gasteiger partial charge in [0.05, 0.1) is 0 Å². The number of nitrogens with one attached hydrogen (secondary N) is 1. The molecule has 0 amide bonds. The Labute approximate surface area is 111 Å². The molecule has 0 aliphatic carbocycles. The van der Waals surface area contributed by atoms with Crippen LogP contribution in [0.4, 0.5) is 5.82 Å². The minimum Gasteiger partial charge on any atom is -0.352 e. The van der Waals surface area contributed by atoms with Crippen LogP contribution in [0.2, 0.25) is 0 Å². The zero-order valence-electron chi connectivity index (χ0n) is 11.7. The Hall–Kier alpha value is -1.09. The highest BCUT2D eigenvalue weighted by Crippen LogP contribution is 2.22. The zero-order chi connectivity index (χ0) is 12.8. The van der Waals surface area contributed by atoms with E-state index in [-0.39, 0.29) is 0 Å². The molecule has 1 fully saturated rings. The summed E-state index contributed by atoms with van der Waals surface area (Å²) in [6.07, 6.45) is 5.13. The van der Waals surface area contributed by atoms with Gasteiger partial charge in [-0.15, -0.1) is 0 Å². The lowest BCUT2D eigenvalue weighted by Crippen LogP contribution is -2.46. The molecule has 100 valence electrons. The summed E-state index contributed by atoms with van der Waals surface area (Å²) in [7, 11) is 0. The molecule has 1 unspecified atom stereocenters. The van der Waals surface area contributed by atoms with Crippen LogP contribution < -0.4 is 10.2 Å². The zero-order valence-corrected chi connectivity index (χ0v) is 11.7. The van der Waals surface area contributed by atoms with Crippen LogP contribution in [-0.4, -0.2) is 30.7 Å². The summed E-state index contributed by atoms with van der Waals surface area (Å²) < 4.78 is 0. The van der Waals surface area contributed by atoms with Crippen LogP contribution in [0.3, 0.4) is 0 Å². The van der Waals surface area contributed by atoms with Crippen molar-refractivity contribution in [2.75, 3.05) is 24.5 Å². The van der Waals surface area contributed by atoms with Gasteiger partial charge in [0, 0.05) is 24.8 Å². The predicted octanol–water partition coefficient (Wildman–Crippen LogP) is 2.75. The number of aryl methyl sites for hydroxylation is 1. The molecular weight excluding hydrogens is 222 g/mol. The van der Waals surface area contributed by atoms with Gasteiger partial charge >= 0.3 is 0 Å². The predicted molar refractivity (Wildman–Crippen MR) is 77.1 cm³/mol. The molecule has 3 nitrogen and oxygen atoms in total. The van der Waals surface area contributed by atoms with Gasteiger partial charge in [-0.1, -0.05) is 13.0 Å². The Kier molecular flexibility index (Phi) is 5.00. The lowest BCUT2D eigenvalue weighted by Gasteiger charge is -2.37. The van der Waals surface area contributed by atoms with Crippen molar-refractivity contribution < 1.29 is 0 Å². The summed E-state index contributed by atoms with van der Waals surface area (Å²) in [4.78, 5) is 7.16. The fourth-order valence-electron chi connectivity index (χ4n) is 2.65. The van der Waals surface area contributed by atoms with E-state index < -0.39 is 0 Å². The lowest BCUT2D eigenvalue weighted by molar-refractivity contribution is 0.433. The largest absolute Gasteiger partial charge is 0.352 e. The van der Waals surface area contributed by atoms with E-state index in [1.807, 2.05) is 0 Å². The van der Waals surface area contributed by atoms with Gasteiger partial charge in [0.25, 0.3) is 0 Å². The first kappa shape index (κ1) is 13.3. The van der Waals surface area contributed by atoms with E-state index in [1.165, 1.54) is 25.7 Å². The average Bonchev–Trinajstić information content (AvgIpc) is 2.40. The third kappa shape index (κ3) is 3.45.